The van der Waals surface area contributed by atoms with Gasteiger partial charge in [0.2, 0.25) is 5.91 Å². The first-order valence-corrected chi connectivity index (χ1v) is 8.81. The maximum Gasteiger partial charge on any atom is 0.285 e. The Morgan fingerprint density at radius 2 is 2.04 bits per heavy atom. The molecule has 0 radical (unpaired) electrons. The van der Waals surface area contributed by atoms with Crippen molar-refractivity contribution in [2.75, 3.05) is 13.6 Å². The number of amidine groups is 1. The van der Waals surface area contributed by atoms with Gasteiger partial charge in [-0.1, -0.05) is 12.1 Å². The van der Waals surface area contributed by atoms with Crippen molar-refractivity contribution in [3.8, 4) is 0 Å². The summed E-state index contributed by atoms with van der Waals surface area (Å²) in [6.07, 6.45) is 1.54. The zero-order valence-electron chi connectivity index (χ0n) is 13.3. The fourth-order valence-electron chi connectivity index (χ4n) is 2.55. The van der Waals surface area contributed by atoms with Crippen LogP contribution in [0.15, 0.2) is 56.4 Å². The van der Waals surface area contributed by atoms with Crippen LogP contribution >= 0.6 is 0 Å². The minimum absolute atomic E-state index is 0.0201. The SMILES string of the molecule is C[C@H](NC(=O)CN(C)C1=NS(=O)(=O)c2ccccc21)c1ccco1. The first kappa shape index (κ1) is 16.3. The smallest absolute Gasteiger partial charge is 0.285 e. The van der Waals surface area contributed by atoms with Crippen LogP contribution in [-0.2, 0) is 14.8 Å². The van der Waals surface area contributed by atoms with Crippen molar-refractivity contribution >= 4 is 21.8 Å². The number of sulfonamides is 1. The summed E-state index contributed by atoms with van der Waals surface area (Å²) in [5.41, 5.74) is 0.506. The van der Waals surface area contributed by atoms with Crippen LogP contribution in [0.4, 0.5) is 0 Å². The molecular weight excluding hydrogens is 330 g/mol. The van der Waals surface area contributed by atoms with Gasteiger partial charge in [0, 0.05) is 12.6 Å². The number of furan rings is 1. The van der Waals surface area contributed by atoms with E-state index < -0.39 is 10.0 Å². The van der Waals surface area contributed by atoms with Crippen LogP contribution in [0.2, 0.25) is 0 Å². The van der Waals surface area contributed by atoms with Crippen LogP contribution in [0.1, 0.15) is 24.3 Å². The van der Waals surface area contributed by atoms with E-state index in [1.54, 1.807) is 43.6 Å². The third-order valence-electron chi connectivity index (χ3n) is 3.70. The fraction of sp³-hybridized carbons (Fsp3) is 0.250. The van der Waals surface area contributed by atoms with Gasteiger partial charge in [0.15, 0.2) is 5.84 Å². The van der Waals surface area contributed by atoms with Crippen LogP contribution in [0, 0.1) is 0 Å². The Labute approximate surface area is 140 Å². The Balaban J connectivity index is 1.72. The zero-order valence-corrected chi connectivity index (χ0v) is 14.1. The Morgan fingerprint density at radius 1 is 1.29 bits per heavy atom. The van der Waals surface area contributed by atoms with E-state index in [1.165, 1.54) is 11.0 Å². The number of carbonyl (C=O) groups is 1. The van der Waals surface area contributed by atoms with Crippen LogP contribution in [0.3, 0.4) is 0 Å². The number of likely N-dealkylation sites (N-methyl/N-ethyl adjacent to an activating group) is 1. The lowest BCUT2D eigenvalue weighted by molar-refractivity contribution is -0.122. The largest absolute Gasteiger partial charge is 0.467 e. The molecule has 3 rings (SSSR count). The lowest BCUT2D eigenvalue weighted by Gasteiger charge is -2.20. The van der Waals surface area contributed by atoms with E-state index in [2.05, 4.69) is 9.71 Å². The number of hydrogen-bond donors (Lipinski definition) is 1. The summed E-state index contributed by atoms with van der Waals surface area (Å²) in [7, 11) is -2.06. The van der Waals surface area contributed by atoms with Gasteiger partial charge in [0.1, 0.15) is 10.7 Å². The topological polar surface area (TPSA) is 92.0 Å². The summed E-state index contributed by atoms with van der Waals surface area (Å²) in [5, 5.41) is 2.80. The molecule has 2 aromatic rings. The number of rotatable bonds is 4. The summed E-state index contributed by atoms with van der Waals surface area (Å²) in [6, 6.07) is 9.82. The van der Waals surface area contributed by atoms with Crippen molar-refractivity contribution < 1.29 is 17.6 Å². The lowest BCUT2D eigenvalue weighted by atomic mass is 10.2. The Morgan fingerprint density at radius 3 is 2.75 bits per heavy atom. The number of benzene rings is 1. The number of carbonyl (C=O) groups excluding carboxylic acids is 1. The molecule has 0 unspecified atom stereocenters. The molecule has 0 spiro atoms. The quantitative estimate of drug-likeness (QED) is 0.906. The van der Waals surface area contributed by atoms with E-state index in [0.717, 1.165) is 0 Å². The van der Waals surface area contributed by atoms with E-state index in [1.807, 2.05) is 6.92 Å². The van der Waals surface area contributed by atoms with Gasteiger partial charge in [0.05, 0.1) is 18.8 Å². The second kappa shape index (κ2) is 6.12. The van der Waals surface area contributed by atoms with Crippen molar-refractivity contribution in [1.29, 1.82) is 0 Å². The number of amides is 1. The van der Waals surface area contributed by atoms with Crippen LogP contribution in [0.25, 0.3) is 0 Å². The van der Waals surface area contributed by atoms with Crippen LogP contribution in [0.5, 0.6) is 0 Å². The molecule has 1 N–H and O–H groups in total. The van der Waals surface area contributed by atoms with Gasteiger partial charge in [-0.2, -0.15) is 8.42 Å². The molecule has 1 aromatic heterocycles. The van der Waals surface area contributed by atoms with E-state index in [9.17, 15) is 13.2 Å². The third kappa shape index (κ3) is 3.05. The average Bonchev–Trinajstić information content (AvgIpc) is 3.14. The summed E-state index contributed by atoms with van der Waals surface area (Å²) in [6.45, 7) is 1.79. The minimum Gasteiger partial charge on any atom is -0.467 e. The van der Waals surface area contributed by atoms with Gasteiger partial charge >= 0.3 is 0 Å². The molecule has 0 bridgehead atoms. The number of fused-ring (bicyclic) bond motifs is 1. The van der Waals surface area contributed by atoms with Crippen molar-refractivity contribution in [2.24, 2.45) is 4.40 Å². The van der Waals surface area contributed by atoms with Crippen LogP contribution < -0.4 is 5.32 Å². The van der Waals surface area contributed by atoms with Crippen molar-refractivity contribution in [2.45, 2.75) is 17.9 Å². The molecule has 7 nitrogen and oxygen atoms in total. The first-order chi connectivity index (χ1) is 11.4. The highest BCUT2D eigenvalue weighted by Gasteiger charge is 2.31. The number of hydrogen-bond acceptors (Lipinski definition) is 5. The van der Waals surface area contributed by atoms with E-state index in [4.69, 9.17) is 4.42 Å². The average molecular weight is 347 g/mol. The van der Waals surface area contributed by atoms with Gasteiger partial charge in [-0.25, -0.2) is 0 Å². The van der Waals surface area contributed by atoms with Crippen molar-refractivity contribution in [3.05, 3.63) is 54.0 Å². The highest BCUT2D eigenvalue weighted by Crippen LogP contribution is 2.26. The van der Waals surface area contributed by atoms with Gasteiger partial charge in [-0.05, 0) is 31.2 Å². The molecule has 0 fully saturated rings. The maximum absolute atomic E-state index is 12.2. The summed E-state index contributed by atoms with van der Waals surface area (Å²) in [4.78, 5) is 13.9. The normalized spacial score (nSPS) is 16.2. The third-order valence-corrected chi connectivity index (χ3v) is 5.03. The van der Waals surface area contributed by atoms with E-state index in [0.29, 0.717) is 11.3 Å². The molecule has 1 atom stereocenters. The molecule has 8 heteroatoms. The standard InChI is InChI=1S/C16H17N3O4S/c1-11(13-7-5-9-23-13)17-15(20)10-19(2)16-12-6-3-4-8-14(12)24(21,22)18-16/h3-9,11H,10H2,1-2H3,(H,17,20)/t11-/m0/s1. The molecule has 0 saturated heterocycles. The molecule has 0 saturated carbocycles. The molecule has 1 aliphatic heterocycles. The second-order valence-electron chi connectivity index (χ2n) is 5.55. The van der Waals surface area contributed by atoms with E-state index in [-0.39, 0.29) is 29.2 Å². The molecule has 1 aromatic carbocycles. The fourth-order valence-corrected chi connectivity index (χ4v) is 3.80. The zero-order chi connectivity index (χ0) is 17.3. The van der Waals surface area contributed by atoms with E-state index >= 15 is 0 Å². The lowest BCUT2D eigenvalue weighted by Crippen LogP contribution is -2.39. The maximum atomic E-state index is 12.2. The van der Waals surface area contributed by atoms with Gasteiger partial charge in [-0.15, -0.1) is 4.40 Å². The van der Waals surface area contributed by atoms with Gasteiger partial charge in [-0.3, -0.25) is 4.79 Å². The molecule has 1 aliphatic rings. The second-order valence-corrected chi connectivity index (χ2v) is 7.12. The molecule has 0 aliphatic carbocycles. The first-order valence-electron chi connectivity index (χ1n) is 7.37. The van der Waals surface area contributed by atoms with Crippen molar-refractivity contribution in [1.82, 2.24) is 10.2 Å². The monoisotopic (exact) mass is 347 g/mol. The highest BCUT2D eigenvalue weighted by atomic mass is 32.2. The van der Waals surface area contributed by atoms with Crippen molar-refractivity contribution in [3.63, 3.8) is 0 Å². The van der Waals surface area contributed by atoms with Gasteiger partial charge < -0.3 is 14.6 Å². The number of nitrogens with one attached hydrogen (secondary N) is 1. The summed E-state index contributed by atoms with van der Waals surface area (Å²) < 4.78 is 33.1. The molecule has 2 heterocycles. The Kier molecular flexibility index (Phi) is 4.15. The molecule has 126 valence electrons. The molecule has 1 amide bonds. The predicted octanol–water partition coefficient (Wildman–Crippen LogP) is 1.54. The predicted molar refractivity (Wildman–Crippen MR) is 88.1 cm³/mol. The summed E-state index contributed by atoms with van der Waals surface area (Å²) in [5.74, 6) is 0.661. The number of nitrogens with zero attached hydrogens (tertiary/aromatic N) is 2. The Bertz CT molecular complexity index is 888. The van der Waals surface area contributed by atoms with Gasteiger partial charge in [0.25, 0.3) is 10.0 Å². The molecule has 24 heavy (non-hydrogen) atoms. The van der Waals surface area contributed by atoms with Crippen LogP contribution in [-0.4, -0.2) is 38.7 Å². The molecular formula is C16H17N3O4S. The minimum atomic E-state index is -3.69. The Hall–Kier alpha value is -2.61. The summed E-state index contributed by atoms with van der Waals surface area (Å²) >= 11 is 0. The highest BCUT2D eigenvalue weighted by molar-refractivity contribution is 7.90.